The van der Waals surface area contributed by atoms with Crippen molar-refractivity contribution in [2.45, 2.75) is 52.5 Å². The fourth-order valence-electron chi connectivity index (χ4n) is 2.89. The standard InChI is InChI=1S/C13H22N4O2/c1-3-16-13(12(17(18)19)10(2)15-16)14-9-8-11-6-4-5-7-11/h11,14H,3-9H2,1-2H3. The maximum atomic E-state index is 11.1. The molecule has 0 aliphatic heterocycles. The van der Waals surface area contributed by atoms with Crippen molar-refractivity contribution in [3.8, 4) is 0 Å². The van der Waals surface area contributed by atoms with Crippen LogP contribution in [-0.4, -0.2) is 21.2 Å². The Morgan fingerprint density at radius 2 is 2.16 bits per heavy atom. The Balaban J connectivity index is 2.03. The van der Waals surface area contributed by atoms with Crippen LogP contribution in [0.25, 0.3) is 0 Å². The molecule has 19 heavy (non-hydrogen) atoms. The largest absolute Gasteiger partial charge is 0.365 e. The number of nitrogens with zero attached hydrogens (tertiary/aromatic N) is 3. The summed E-state index contributed by atoms with van der Waals surface area (Å²) in [7, 11) is 0. The summed E-state index contributed by atoms with van der Waals surface area (Å²) < 4.78 is 1.68. The average molecular weight is 266 g/mol. The van der Waals surface area contributed by atoms with Crippen LogP contribution in [0.1, 0.15) is 44.7 Å². The van der Waals surface area contributed by atoms with Crippen molar-refractivity contribution in [1.82, 2.24) is 9.78 Å². The molecule has 1 aromatic rings. The van der Waals surface area contributed by atoms with Gasteiger partial charge in [-0.3, -0.25) is 10.1 Å². The second kappa shape index (κ2) is 6.04. The lowest BCUT2D eigenvalue weighted by atomic mass is 10.0. The first kappa shape index (κ1) is 13.8. The van der Waals surface area contributed by atoms with Crippen LogP contribution in [0.4, 0.5) is 11.5 Å². The van der Waals surface area contributed by atoms with Gasteiger partial charge in [-0.15, -0.1) is 0 Å². The van der Waals surface area contributed by atoms with E-state index in [2.05, 4.69) is 10.4 Å². The van der Waals surface area contributed by atoms with Gasteiger partial charge in [-0.2, -0.15) is 5.10 Å². The van der Waals surface area contributed by atoms with E-state index in [0.717, 1.165) is 18.9 Å². The quantitative estimate of drug-likeness (QED) is 0.634. The molecule has 1 aliphatic rings. The van der Waals surface area contributed by atoms with Crippen molar-refractivity contribution in [1.29, 1.82) is 0 Å². The van der Waals surface area contributed by atoms with Gasteiger partial charge in [0.05, 0.1) is 4.92 Å². The first-order valence-corrected chi connectivity index (χ1v) is 7.09. The number of nitro groups is 1. The van der Waals surface area contributed by atoms with Crippen LogP contribution in [0.3, 0.4) is 0 Å². The SMILES string of the molecule is CCn1nc(C)c([N+](=O)[O-])c1NCCC1CCCC1. The maximum Gasteiger partial charge on any atom is 0.333 e. The van der Waals surface area contributed by atoms with Gasteiger partial charge in [-0.25, -0.2) is 4.68 Å². The fraction of sp³-hybridized carbons (Fsp3) is 0.769. The van der Waals surface area contributed by atoms with Crippen LogP contribution >= 0.6 is 0 Å². The second-order valence-corrected chi connectivity index (χ2v) is 5.22. The number of aromatic nitrogens is 2. The molecular formula is C13H22N4O2. The summed E-state index contributed by atoms with van der Waals surface area (Å²) >= 11 is 0. The summed E-state index contributed by atoms with van der Waals surface area (Å²) in [6.07, 6.45) is 6.35. The van der Waals surface area contributed by atoms with Gasteiger partial charge < -0.3 is 5.32 Å². The number of anilines is 1. The van der Waals surface area contributed by atoms with E-state index in [4.69, 9.17) is 0 Å². The molecule has 6 nitrogen and oxygen atoms in total. The first-order chi connectivity index (χ1) is 9.13. The molecule has 0 amide bonds. The van der Waals surface area contributed by atoms with Gasteiger partial charge in [-0.05, 0) is 26.2 Å². The third kappa shape index (κ3) is 3.05. The van der Waals surface area contributed by atoms with Gasteiger partial charge in [0.15, 0.2) is 0 Å². The van der Waals surface area contributed by atoms with Crippen LogP contribution in [0.5, 0.6) is 0 Å². The van der Waals surface area contributed by atoms with Crippen molar-refractivity contribution in [3.63, 3.8) is 0 Å². The molecule has 1 saturated carbocycles. The fourth-order valence-corrected chi connectivity index (χ4v) is 2.89. The zero-order chi connectivity index (χ0) is 13.8. The Hall–Kier alpha value is -1.59. The molecule has 2 rings (SSSR count). The number of nitrogens with one attached hydrogen (secondary N) is 1. The average Bonchev–Trinajstić information content (AvgIpc) is 2.97. The molecule has 0 atom stereocenters. The molecule has 0 radical (unpaired) electrons. The van der Waals surface area contributed by atoms with Gasteiger partial charge in [0.1, 0.15) is 5.69 Å². The molecule has 0 saturated heterocycles. The number of rotatable bonds is 6. The van der Waals surface area contributed by atoms with E-state index in [1.54, 1.807) is 11.6 Å². The minimum Gasteiger partial charge on any atom is -0.365 e. The predicted molar refractivity (Wildman–Crippen MR) is 74.4 cm³/mol. The molecule has 0 unspecified atom stereocenters. The van der Waals surface area contributed by atoms with E-state index in [-0.39, 0.29) is 10.6 Å². The summed E-state index contributed by atoms with van der Waals surface area (Å²) in [6.45, 7) is 5.06. The smallest absolute Gasteiger partial charge is 0.333 e. The van der Waals surface area contributed by atoms with Gasteiger partial charge in [0.25, 0.3) is 0 Å². The van der Waals surface area contributed by atoms with Gasteiger partial charge in [0.2, 0.25) is 5.82 Å². The highest BCUT2D eigenvalue weighted by Gasteiger charge is 2.24. The lowest BCUT2D eigenvalue weighted by Crippen LogP contribution is -2.12. The molecule has 1 N–H and O–H groups in total. The number of hydrogen-bond donors (Lipinski definition) is 1. The molecule has 1 heterocycles. The summed E-state index contributed by atoms with van der Waals surface area (Å²) in [5.41, 5.74) is 0.600. The lowest BCUT2D eigenvalue weighted by Gasteiger charge is -2.11. The zero-order valence-electron chi connectivity index (χ0n) is 11.7. The highest BCUT2D eigenvalue weighted by atomic mass is 16.6. The monoisotopic (exact) mass is 266 g/mol. The van der Waals surface area contributed by atoms with E-state index in [9.17, 15) is 10.1 Å². The minimum absolute atomic E-state index is 0.119. The number of aryl methyl sites for hydroxylation is 2. The van der Waals surface area contributed by atoms with Crippen molar-refractivity contribution in [3.05, 3.63) is 15.8 Å². The van der Waals surface area contributed by atoms with Crippen molar-refractivity contribution in [2.75, 3.05) is 11.9 Å². The zero-order valence-corrected chi connectivity index (χ0v) is 11.7. The Morgan fingerprint density at radius 3 is 2.74 bits per heavy atom. The predicted octanol–water partition coefficient (Wildman–Crippen LogP) is 3.11. The van der Waals surface area contributed by atoms with Crippen LogP contribution in [0.15, 0.2) is 0 Å². The highest BCUT2D eigenvalue weighted by molar-refractivity contribution is 5.59. The van der Waals surface area contributed by atoms with Gasteiger partial charge in [0, 0.05) is 13.1 Å². The number of hydrogen-bond acceptors (Lipinski definition) is 4. The van der Waals surface area contributed by atoms with E-state index in [1.165, 1.54) is 25.7 Å². The Bertz CT molecular complexity index is 450. The molecule has 0 spiro atoms. The van der Waals surface area contributed by atoms with Crippen LogP contribution in [-0.2, 0) is 6.54 Å². The molecule has 106 valence electrons. The molecule has 0 aromatic carbocycles. The van der Waals surface area contributed by atoms with Crippen LogP contribution < -0.4 is 5.32 Å². The molecular weight excluding hydrogens is 244 g/mol. The van der Waals surface area contributed by atoms with E-state index < -0.39 is 0 Å². The van der Waals surface area contributed by atoms with Crippen molar-refractivity contribution >= 4 is 11.5 Å². The van der Waals surface area contributed by atoms with E-state index >= 15 is 0 Å². The maximum absolute atomic E-state index is 11.1. The second-order valence-electron chi connectivity index (χ2n) is 5.22. The van der Waals surface area contributed by atoms with Crippen LogP contribution in [0.2, 0.25) is 0 Å². The Labute approximate surface area is 113 Å². The molecule has 1 aliphatic carbocycles. The van der Waals surface area contributed by atoms with E-state index in [1.807, 2.05) is 6.92 Å². The summed E-state index contributed by atoms with van der Waals surface area (Å²) in [5.74, 6) is 1.34. The van der Waals surface area contributed by atoms with Gasteiger partial charge >= 0.3 is 5.69 Å². The molecule has 6 heteroatoms. The van der Waals surface area contributed by atoms with Crippen molar-refractivity contribution < 1.29 is 4.92 Å². The lowest BCUT2D eigenvalue weighted by molar-refractivity contribution is -0.384. The third-order valence-electron chi connectivity index (χ3n) is 3.90. The van der Waals surface area contributed by atoms with E-state index in [0.29, 0.717) is 18.1 Å². The molecule has 1 fully saturated rings. The summed E-state index contributed by atoms with van der Waals surface area (Å²) in [5, 5.41) is 18.5. The summed E-state index contributed by atoms with van der Waals surface area (Å²) in [6, 6.07) is 0. The van der Waals surface area contributed by atoms with Crippen molar-refractivity contribution in [2.24, 2.45) is 5.92 Å². The Kier molecular flexibility index (Phi) is 4.39. The highest BCUT2D eigenvalue weighted by Crippen LogP contribution is 2.30. The topological polar surface area (TPSA) is 73.0 Å². The minimum atomic E-state index is -0.341. The van der Waals surface area contributed by atoms with Crippen LogP contribution in [0, 0.1) is 23.0 Å². The Morgan fingerprint density at radius 1 is 1.47 bits per heavy atom. The normalized spacial score (nSPS) is 15.9. The molecule has 0 bridgehead atoms. The first-order valence-electron chi connectivity index (χ1n) is 7.09. The summed E-state index contributed by atoms with van der Waals surface area (Å²) in [4.78, 5) is 10.8. The third-order valence-corrected chi connectivity index (χ3v) is 3.90. The van der Waals surface area contributed by atoms with Gasteiger partial charge in [-0.1, -0.05) is 25.7 Å². The molecule has 1 aromatic heterocycles.